The Hall–Kier alpha value is -0.0400. The summed E-state index contributed by atoms with van der Waals surface area (Å²) in [5.74, 6) is 0.0971. The molecule has 0 saturated carbocycles. The standard InChI is InChI=1S/C11H23NO3S2/c1-6-7-10(8-9-17(5,14)15)12-16(13)11(2,3)4/h6,10,12H,1,7-9H2,2-5H3/t10?,16-/m0/s1. The van der Waals surface area contributed by atoms with Crippen LogP contribution in [0, 0.1) is 0 Å². The van der Waals surface area contributed by atoms with E-state index in [9.17, 15) is 13.0 Å². The maximum atomic E-state index is 11.9. The van der Waals surface area contributed by atoms with E-state index in [4.69, 9.17) is 0 Å². The summed E-state index contributed by atoms with van der Waals surface area (Å²) in [5.41, 5.74) is 0. The van der Waals surface area contributed by atoms with Gasteiger partial charge in [-0.15, -0.1) is 11.3 Å². The molecule has 0 aliphatic carbocycles. The lowest BCUT2D eigenvalue weighted by atomic mass is 10.2. The van der Waals surface area contributed by atoms with E-state index in [2.05, 4.69) is 11.3 Å². The normalized spacial score (nSPS) is 16.5. The second kappa shape index (κ2) is 6.78. The van der Waals surface area contributed by atoms with Crippen molar-refractivity contribution in [2.75, 3.05) is 12.0 Å². The van der Waals surface area contributed by atoms with E-state index in [1.165, 1.54) is 6.26 Å². The van der Waals surface area contributed by atoms with Crippen LogP contribution in [0.2, 0.25) is 0 Å². The van der Waals surface area contributed by atoms with Gasteiger partial charge in [0.15, 0.2) is 0 Å². The summed E-state index contributed by atoms with van der Waals surface area (Å²) >= 11 is -1.19. The molecule has 0 heterocycles. The highest BCUT2D eigenvalue weighted by molar-refractivity contribution is 7.91. The molecule has 0 bridgehead atoms. The maximum Gasteiger partial charge on any atom is 0.147 e. The molecule has 102 valence electrons. The Labute approximate surface area is 108 Å². The van der Waals surface area contributed by atoms with Crippen LogP contribution < -0.4 is 4.72 Å². The molecule has 17 heavy (non-hydrogen) atoms. The molecule has 0 spiro atoms. The highest BCUT2D eigenvalue weighted by Gasteiger charge is 2.29. The van der Waals surface area contributed by atoms with Gasteiger partial charge in [0.2, 0.25) is 0 Å². The average Bonchev–Trinajstić information content (AvgIpc) is 2.11. The minimum absolute atomic E-state index is 0.0971. The van der Waals surface area contributed by atoms with E-state index in [1.54, 1.807) is 6.08 Å². The van der Waals surface area contributed by atoms with Crippen molar-refractivity contribution in [3.05, 3.63) is 12.7 Å². The molecule has 0 aromatic rings. The predicted molar refractivity (Wildman–Crippen MR) is 74.0 cm³/mol. The fraction of sp³-hybridized carbons (Fsp3) is 0.818. The third-order valence-corrected chi connectivity index (χ3v) is 4.76. The fourth-order valence-electron chi connectivity index (χ4n) is 1.11. The first-order valence-electron chi connectivity index (χ1n) is 5.53. The largest absolute Gasteiger partial charge is 0.598 e. The molecule has 0 aromatic carbocycles. The molecule has 0 radical (unpaired) electrons. The third-order valence-electron chi connectivity index (χ3n) is 2.12. The van der Waals surface area contributed by atoms with Crippen LogP contribution in [-0.4, -0.2) is 35.8 Å². The highest BCUT2D eigenvalue weighted by Crippen LogP contribution is 2.15. The lowest BCUT2D eigenvalue weighted by Gasteiger charge is -2.27. The molecular weight excluding hydrogens is 258 g/mol. The van der Waals surface area contributed by atoms with Crippen molar-refractivity contribution < 1.29 is 13.0 Å². The Morgan fingerprint density at radius 3 is 2.35 bits per heavy atom. The van der Waals surface area contributed by atoms with Crippen molar-refractivity contribution in [1.82, 2.24) is 4.72 Å². The van der Waals surface area contributed by atoms with Gasteiger partial charge in [0.25, 0.3) is 0 Å². The average molecular weight is 281 g/mol. The number of sulfone groups is 1. The van der Waals surface area contributed by atoms with Crippen molar-refractivity contribution in [3.63, 3.8) is 0 Å². The molecule has 0 aromatic heterocycles. The van der Waals surface area contributed by atoms with E-state index in [-0.39, 0.29) is 16.5 Å². The molecule has 0 aliphatic heterocycles. The third kappa shape index (κ3) is 8.65. The van der Waals surface area contributed by atoms with Gasteiger partial charge in [-0.25, -0.2) is 8.42 Å². The smallest absolute Gasteiger partial charge is 0.147 e. The van der Waals surface area contributed by atoms with Crippen LogP contribution in [0.15, 0.2) is 12.7 Å². The summed E-state index contributed by atoms with van der Waals surface area (Å²) in [4.78, 5) is 0. The number of hydrogen-bond acceptors (Lipinski definition) is 4. The van der Waals surface area contributed by atoms with Crippen molar-refractivity contribution >= 4 is 21.2 Å². The fourth-order valence-corrected chi connectivity index (χ4v) is 2.69. The molecule has 0 amide bonds. The molecule has 2 atom stereocenters. The molecule has 0 rings (SSSR count). The zero-order chi connectivity index (χ0) is 13.7. The van der Waals surface area contributed by atoms with Gasteiger partial charge in [-0.2, -0.15) is 0 Å². The Morgan fingerprint density at radius 2 is 2.00 bits per heavy atom. The summed E-state index contributed by atoms with van der Waals surface area (Å²) in [6, 6.07) is -0.109. The first-order valence-corrected chi connectivity index (χ1v) is 8.74. The minimum atomic E-state index is -2.98. The van der Waals surface area contributed by atoms with Crippen LogP contribution in [0.3, 0.4) is 0 Å². The van der Waals surface area contributed by atoms with Crippen LogP contribution in [0.25, 0.3) is 0 Å². The second-order valence-electron chi connectivity index (χ2n) is 5.14. The molecule has 6 heteroatoms. The Balaban J connectivity index is 4.39. The molecule has 0 aliphatic rings. The first kappa shape index (κ1) is 17.0. The van der Waals surface area contributed by atoms with Crippen LogP contribution in [0.4, 0.5) is 0 Å². The van der Waals surface area contributed by atoms with Crippen molar-refractivity contribution in [2.24, 2.45) is 0 Å². The van der Waals surface area contributed by atoms with Gasteiger partial charge in [0.05, 0.1) is 11.8 Å². The van der Waals surface area contributed by atoms with Gasteiger partial charge >= 0.3 is 0 Å². The van der Waals surface area contributed by atoms with E-state index in [1.807, 2.05) is 20.8 Å². The molecule has 0 saturated heterocycles. The zero-order valence-corrected chi connectivity index (χ0v) is 12.7. The van der Waals surface area contributed by atoms with Crippen LogP contribution in [-0.2, 0) is 21.2 Å². The molecule has 1 unspecified atom stereocenters. The van der Waals surface area contributed by atoms with Gasteiger partial charge < -0.3 is 4.55 Å². The van der Waals surface area contributed by atoms with Crippen LogP contribution in [0.1, 0.15) is 33.6 Å². The number of rotatable bonds is 7. The summed E-state index contributed by atoms with van der Waals surface area (Å²) in [7, 11) is -2.98. The molecule has 4 nitrogen and oxygen atoms in total. The summed E-state index contributed by atoms with van der Waals surface area (Å²) < 4.78 is 36.7. The van der Waals surface area contributed by atoms with Crippen molar-refractivity contribution in [2.45, 2.75) is 44.4 Å². The van der Waals surface area contributed by atoms with E-state index in [0.29, 0.717) is 12.8 Å². The van der Waals surface area contributed by atoms with Gasteiger partial charge in [-0.05, 0) is 33.6 Å². The number of hydrogen-bond donors (Lipinski definition) is 1. The van der Waals surface area contributed by atoms with Crippen LogP contribution >= 0.6 is 0 Å². The number of nitrogens with one attached hydrogen (secondary N) is 1. The Morgan fingerprint density at radius 1 is 1.47 bits per heavy atom. The van der Waals surface area contributed by atoms with E-state index < -0.39 is 21.2 Å². The lowest BCUT2D eigenvalue weighted by Crippen LogP contribution is -2.45. The van der Waals surface area contributed by atoms with Gasteiger partial charge in [0.1, 0.15) is 14.6 Å². The van der Waals surface area contributed by atoms with Crippen molar-refractivity contribution in [1.29, 1.82) is 0 Å². The van der Waals surface area contributed by atoms with Gasteiger partial charge in [-0.3, -0.25) is 0 Å². The van der Waals surface area contributed by atoms with Crippen LogP contribution in [0.5, 0.6) is 0 Å². The Kier molecular flexibility index (Phi) is 6.76. The minimum Gasteiger partial charge on any atom is -0.598 e. The molecular formula is C11H23NO3S2. The highest BCUT2D eigenvalue weighted by atomic mass is 32.2. The quantitative estimate of drug-likeness (QED) is 0.566. The van der Waals surface area contributed by atoms with E-state index >= 15 is 0 Å². The van der Waals surface area contributed by atoms with E-state index in [0.717, 1.165) is 0 Å². The van der Waals surface area contributed by atoms with Gasteiger partial charge in [0, 0.05) is 17.6 Å². The SMILES string of the molecule is C=CCC(CCS(C)(=O)=O)N[S@@+]([O-])C(C)(C)C. The summed E-state index contributed by atoms with van der Waals surface area (Å²) in [6.07, 6.45) is 3.97. The summed E-state index contributed by atoms with van der Waals surface area (Å²) in [6.45, 7) is 9.24. The predicted octanol–water partition coefficient (Wildman–Crippen LogP) is 1.42. The maximum absolute atomic E-state index is 11.9. The summed E-state index contributed by atoms with van der Waals surface area (Å²) in [5, 5.41) is 0. The Bertz CT molecular complexity index is 333. The van der Waals surface area contributed by atoms with Gasteiger partial charge in [-0.1, -0.05) is 6.08 Å². The first-order chi connectivity index (χ1) is 7.56. The monoisotopic (exact) mass is 281 g/mol. The zero-order valence-electron chi connectivity index (χ0n) is 11.0. The lowest BCUT2D eigenvalue weighted by molar-refractivity contribution is 0.511. The second-order valence-corrected chi connectivity index (χ2v) is 9.40. The molecule has 1 N–H and O–H groups in total. The molecule has 0 fully saturated rings. The van der Waals surface area contributed by atoms with Crippen molar-refractivity contribution in [3.8, 4) is 0 Å². The topological polar surface area (TPSA) is 69.2 Å².